The third-order valence-corrected chi connectivity index (χ3v) is 5.76. The second kappa shape index (κ2) is 8.96. The number of hydrogen-bond donors (Lipinski definition) is 2. The van der Waals surface area contributed by atoms with E-state index in [1.165, 1.54) is 40.8 Å². The third kappa shape index (κ3) is 5.77. The van der Waals surface area contributed by atoms with Crippen molar-refractivity contribution in [3.63, 3.8) is 0 Å². The highest BCUT2D eigenvalue weighted by atomic mass is 32.2. The van der Waals surface area contributed by atoms with Crippen LogP contribution in [0.1, 0.15) is 24.1 Å². The molecular weight excluding hydrogens is 383 g/mol. The maximum Gasteiger partial charge on any atom is 0.230 e. The summed E-state index contributed by atoms with van der Waals surface area (Å²) in [5, 5.41) is 15.0. The molecule has 1 amide bonds. The number of nitrogens with zero attached hydrogens (tertiary/aromatic N) is 2. The summed E-state index contributed by atoms with van der Waals surface area (Å²) in [6.07, 6.45) is 0. The number of aryl methyl sites for hydroxylation is 1. The Morgan fingerprint density at radius 2 is 1.85 bits per heavy atom. The van der Waals surface area contributed by atoms with Gasteiger partial charge in [0.2, 0.25) is 11.0 Å². The Bertz CT molecular complexity index is 897. The van der Waals surface area contributed by atoms with Gasteiger partial charge in [0.15, 0.2) is 4.34 Å². The number of carbonyl (C=O) groups is 1. The second-order valence-electron chi connectivity index (χ2n) is 5.99. The van der Waals surface area contributed by atoms with Crippen molar-refractivity contribution in [2.24, 2.45) is 0 Å². The molecule has 3 aromatic rings. The van der Waals surface area contributed by atoms with Crippen LogP contribution in [0.5, 0.6) is 0 Å². The average molecular weight is 403 g/mol. The number of benzene rings is 2. The summed E-state index contributed by atoms with van der Waals surface area (Å²) in [5.41, 5.74) is 2.99. The number of anilines is 2. The Hall–Kier alpha value is -2.45. The van der Waals surface area contributed by atoms with E-state index in [1.807, 2.05) is 38.1 Å². The predicted octanol–water partition coefficient (Wildman–Crippen LogP) is 4.70. The van der Waals surface area contributed by atoms with Crippen LogP contribution in [0, 0.1) is 12.7 Å². The summed E-state index contributed by atoms with van der Waals surface area (Å²) < 4.78 is 13.7. The van der Waals surface area contributed by atoms with Gasteiger partial charge in [-0.25, -0.2) is 4.39 Å². The van der Waals surface area contributed by atoms with E-state index in [1.54, 1.807) is 12.1 Å². The van der Waals surface area contributed by atoms with Gasteiger partial charge in [-0.2, -0.15) is 0 Å². The number of rotatable bonds is 7. The Labute approximate surface area is 165 Å². The van der Waals surface area contributed by atoms with Crippen molar-refractivity contribution in [2.75, 3.05) is 11.1 Å². The van der Waals surface area contributed by atoms with Crippen molar-refractivity contribution in [3.05, 3.63) is 65.5 Å². The smallest absolute Gasteiger partial charge is 0.230 e. The van der Waals surface area contributed by atoms with Gasteiger partial charge >= 0.3 is 0 Å². The van der Waals surface area contributed by atoms with Crippen LogP contribution in [-0.2, 0) is 4.79 Å². The normalized spacial score (nSPS) is 11.8. The zero-order valence-corrected chi connectivity index (χ0v) is 16.5. The molecule has 27 heavy (non-hydrogen) atoms. The standard InChI is InChI=1S/C19H19FN4OS2/c1-12-3-9-16(10-4-12)22-18-23-24-19(27-18)26-11-17(25)21-13(2)14-5-7-15(20)8-6-14/h3-10,13H,11H2,1-2H3,(H,21,25)(H,22,23)/t13-/m1/s1. The zero-order valence-electron chi connectivity index (χ0n) is 14.9. The van der Waals surface area contributed by atoms with Gasteiger partial charge in [-0.1, -0.05) is 52.9 Å². The van der Waals surface area contributed by atoms with E-state index in [0.717, 1.165) is 11.3 Å². The molecule has 5 nitrogen and oxygen atoms in total. The van der Waals surface area contributed by atoms with E-state index in [9.17, 15) is 9.18 Å². The van der Waals surface area contributed by atoms with Crippen LogP contribution >= 0.6 is 23.1 Å². The summed E-state index contributed by atoms with van der Waals surface area (Å²) in [6, 6.07) is 13.9. The fourth-order valence-corrected chi connectivity index (χ4v) is 3.91. The first-order valence-corrected chi connectivity index (χ1v) is 10.1. The van der Waals surface area contributed by atoms with Crippen molar-refractivity contribution < 1.29 is 9.18 Å². The van der Waals surface area contributed by atoms with Crippen molar-refractivity contribution in [1.29, 1.82) is 0 Å². The molecule has 140 valence electrons. The van der Waals surface area contributed by atoms with Gasteiger partial charge in [0.1, 0.15) is 5.82 Å². The lowest BCUT2D eigenvalue weighted by atomic mass is 10.1. The van der Waals surface area contributed by atoms with E-state index < -0.39 is 0 Å². The minimum Gasteiger partial charge on any atom is -0.349 e. The van der Waals surface area contributed by atoms with Gasteiger partial charge < -0.3 is 10.6 Å². The molecule has 0 radical (unpaired) electrons. The molecule has 0 aliphatic rings. The highest BCUT2D eigenvalue weighted by Gasteiger charge is 2.12. The summed E-state index contributed by atoms with van der Waals surface area (Å²) in [4.78, 5) is 12.1. The van der Waals surface area contributed by atoms with Gasteiger partial charge in [-0.15, -0.1) is 10.2 Å². The maximum atomic E-state index is 13.0. The molecule has 0 aliphatic carbocycles. The van der Waals surface area contributed by atoms with Crippen molar-refractivity contribution in [2.45, 2.75) is 24.2 Å². The Kier molecular flexibility index (Phi) is 6.41. The molecule has 3 rings (SSSR count). The molecule has 0 aliphatic heterocycles. The first kappa shape index (κ1) is 19.3. The van der Waals surface area contributed by atoms with Crippen molar-refractivity contribution >= 4 is 39.8 Å². The van der Waals surface area contributed by atoms with Crippen LogP contribution in [0.3, 0.4) is 0 Å². The number of nitrogens with one attached hydrogen (secondary N) is 2. The molecule has 2 aromatic carbocycles. The first-order chi connectivity index (χ1) is 13.0. The quantitative estimate of drug-likeness (QED) is 0.561. The van der Waals surface area contributed by atoms with Gasteiger partial charge in [-0.05, 0) is 43.7 Å². The van der Waals surface area contributed by atoms with Crippen LogP contribution in [0.2, 0.25) is 0 Å². The number of carbonyl (C=O) groups excluding carboxylic acids is 1. The van der Waals surface area contributed by atoms with Gasteiger partial charge in [0.25, 0.3) is 0 Å². The van der Waals surface area contributed by atoms with Gasteiger partial charge in [0, 0.05) is 5.69 Å². The topological polar surface area (TPSA) is 66.9 Å². The van der Waals surface area contributed by atoms with Gasteiger partial charge in [0.05, 0.1) is 11.8 Å². The van der Waals surface area contributed by atoms with Crippen LogP contribution < -0.4 is 10.6 Å². The number of thioether (sulfide) groups is 1. The van der Waals surface area contributed by atoms with Gasteiger partial charge in [-0.3, -0.25) is 4.79 Å². The monoisotopic (exact) mass is 402 g/mol. The van der Waals surface area contributed by atoms with E-state index in [0.29, 0.717) is 9.47 Å². The fourth-order valence-electron chi connectivity index (χ4n) is 2.32. The summed E-state index contributed by atoms with van der Waals surface area (Å²) in [7, 11) is 0. The highest BCUT2D eigenvalue weighted by molar-refractivity contribution is 8.01. The fraction of sp³-hybridized carbons (Fsp3) is 0.211. The number of halogens is 1. The molecule has 8 heteroatoms. The Balaban J connectivity index is 1.48. The lowest BCUT2D eigenvalue weighted by molar-refractivity contribution is -0.119. The van der Waals surface area contributed by atoms with Crippen molar-refractivity contribution in [1.82, 2.24) is 15.5 Å². The van der Waals surface area contributed by atoms with E-state index in [2.05, 4.69) is 20.8 Å². The number of hydrogen-bond acceptors (Lipinski definition) is 6. The zero-order chi connectivity index (χ0) is 19.2. The first-order valence-electron chi connectivity index (χ1n) is 8.34. The van der Waals surface area contributed by atoms with E-state index in [-0.39, 0.29) is 23.5 Å². The van der Waals surface area contributed by atoms with Crippen LogP contribution in [0.4, 0.5) is 15.2 Å². The third-order valence-electron chi connectivity index (χ3n) is 3.78. The second-order valence-corrected chi connectivity index (χ2v) is 8.19. The largest absolute Gasteiger partial charge is 0.349 e. The molecule has 2 N–H and O–H groups in total. The number of amides is 1. The maximum absolute atomic E-state index is 13.0. The molecule has 0 saturated carbocycles. The molecule has 1 aromatic heterocycles. The molecule has 1 atom stereocenters. The van der Waals surface area contributed by atoms with E-state index in [4.69, 9.17) is 0 Å². The SMILES string of the molecule is Cc1ccc(Nc2nnc(SCC(=O)N[C@H](C)c3ccc(F)cc3)s2)cc1. The average Bonchev–Trinajstić information content (AvgIpc) is 3.10. The molecule has 0 bridgehead atoms. The van der Waals surface area contributed by atoms with E-state index >= 15 is 0 Å². The predicted molar refractivity (Wildman–Crippen MR) is 108 cm³/mol. The Morgan fingerprint density at radius 3 is 2.56 bits per heavy atom. The molecule has 0 saturated heterocycles. The van der Waals surface area contributed by atoms with Crippen LogP contribution in [0.15, 0.2) is 52.9 Å². The van der Waals surface area contributed by atoms with Crippen LogP contribution in [0.25, 0.3) is 0 Å². The molecular formula is C19H19FN4OS2. The minimum absolute atomic E-state index is 0.111. The number of aromatic nitrogens is 2. The molecule has 1 heterocycles. The Morgan fingerprint density at radius 1 is 1.15 bits per heavy atom. The lowest BCUT2D eigenvalue weighted by Crippen LogP contribution is -2.28. The molecule has 0 fully saturated rings. The van der Waals surface area contributed by atoms with Crippen LogP contribution in [-0.4, -0.2) is 21.9 Å². The lowest BCUT2D eigenvalue weighted by Gasteiger charge is -2.13. The summed E-state index contributed by atoms with van der Waals surface area (Å²) in [5.74, 6) is -0.163. The summed E-state index contributed by atoms with van der Waals surface area (Å²) in [6.45, 7) is 3.90. The molecule has 0 unspecified atom stereocenters. The summed E-state index contributed by atoms with van der Waals surface area (Å²) >= 11 is 2.73. The molecule has 0 spiro atoms. The van der Waals surface area contributed by atoms with Crippen molar-refractivity contribution in [3.8, 4) is 0 Å². The minimum atomic E-state index is -0.292. The highest BCUT2D eigenvalue weighted by Crippen LogP contribution is 2.27.